The molecule has 2 aromatic rings. The van der Waals surface area contributed by atoms with E-state index < -0.39 is 101 Å². The number of carboxylic acids is 1. The van der Waals surface area contributed by atoms with E-state index in [1.165, 1.54) is 50.8 Å². The molecule has 5 atom stereocenters. The number of primary amides is 1. The summed E-state index contributed by atoms with van der Waals surface area (Å²) in [7, 11) is 2.37. The van der Waals surface area contributed by atoms with Crippen LogP contribution in [0.4, 0.5) is 4.79 Å². The number of carbonyl (C=O) groups is 8. The van der Waals surface area contributed by atoms with Gasteiger partial charge < -0.3 is 64.2 Å². The van der Waals surface area contributed by atoms with Gasteiger partial charge in [-0.2, -0.15) is 0 Å². The van der Waals surface area contributed by atoms with Crippen LogP contribution in [-0.4, -0.2) is 137 Å². The largest absolute Gasteiger partial charge is 0.480 e. The number of ether oxygens (including phenoxy) is 4. The van der Waals surface area contributed by atoms with E-state index in [0.29, 0.717) is 0 Å². The van der Waals surface area contributed by atoms with Crippen LogP contribution in [0.5, 0.6) is 0 Å². The van der Waals surface area contributed by atoms with Gasteiger partial charge in [-0.15, -0.1) is 23.5 Å². The summed E-state index contributed by atoms with van der Waals surface area (Å²) >= 11 is 2.01. The van der Waals surface area contributed by atoms with E-state index in [9.17, 15) is 43.5 Å². The van der Waals surface area contributed by atoms with Crippen molar-refractivity contribution in [3.05, 3.63) is 70.9 Å². The molecule has 26 heteroatoms. The molecule has 5 rings (SSSR count). The first-order chi connectivity index (χ1) is 29.1. The first-order valence-electron chi connectivity index (χ1n) is 17.5. The highest BCUT2D eigenvalue weighted by atomic mass is 32.2. The molecule has 6 N–H and O–H groups in total. The van der Waals surface area contributed by atoms with Crippen LogP contribution in [0.3, 0.4) is 0 Å². The molecule has 1 fully saturated rings. The van der Waals surface area contributed by atoms with Crippen LogP contribution >= 0.6 is 23.5 Å². The van der Waals surface area contributed by atoms with Crippen molar-refractivity contribution >= 4 is 82.6 Å². The number of hydrogen-bond donors (Lipinski definition) is 5. The smallest absolute Gasteiger partial charge is 0.404 e. The maximum Gasteiger partial charge on any atom is 0.404 e. The summed E-state index contributed by atoms with van der Waals surface area (Å²) in [5, 5.41) is 22.9. The van der Waals surface area contributed by atoms with Gasteiger partial charge >= 0.3 is 30.0 Å². The lowest BCUT2D eigenvalue weighted by Crippen LogP contribution is -2.71. The fourth-order valence-electron chi connectivity index (χ4n) is 5.77. The molecule has 3 aliphatic heterocycles. The van der Waals surface area contributed by atoms with E-state index in [-0.39, 0.29) is 45.6 Å². The summed E-state index contributed by atoms with van der Waals surface area (Å²) in [4.78, 5) is 114. The third-order valence-corrected chi connectivity index (χ3v) is 10.9. The fraction of sp³-hybridized carbons (Fsp3) is 0.371. The average molecular weight is 892 g/mol. The lowest BCUT2D eigenvalue weighted by Gasteiger charge is -2.49. The van der Waals surface area contributed by atoms with E-state index in [1.54, 1.807) is 0 Å². The maximum absolute atomic E-state index is 13.9. The Morgan fingerprint density at radius 1 is 0.918 bits per heavy atom. The number of hydrogen-bond acceptors (Lipinski definition) is 21. The molecule has 61 heavy (non-hydrogen) atoms. The monoisotopic (exact) mass is 891 g/mol. The SMILES string of the molecule is CO/N=C(\C(=O)N[C@H](C(=O)O)[C@@H]1NC(C(=O)OC(C)OC(C)=O)=C(COC(=O)C2=C(COC(N)=O)CS[C@@H]3[C@H](NC(=O)/C(=N\OC)c4ccco4)C(=O)N23)CS1)c1ccco1. The highest BCUT2D eigenvalue weighted by molar-refractivity contribution is 8.00. The number of aliphatic carboxylic acids is 1. The van der Waals surface area contributed by atoms with Gasteiger partial charge in [0.15, 0.2) is 17.6 Å². The molecule has 1 saturated heterocycles. The van der Waals surface area contributed by atoms with Gasteiger partial charge in [0.2, 0.25) is 17.7 Å². The van der Waals surface area contributed by atoms with E-state index in [1.807, 2.05) is 0 Å². The van der Waals surface area contributed by atoms with E-state index >= 15 is 0 Å². The summed E-state index contributed by atoms with van der Waals surface area (Å²) in [6, 6.07) is 2.89. The quantitative estimate of drug-likeness (QED) is 0.0315. The molecular weight excluding hydrogens is 855 g/mol. The molecule has 0 aliphatic carbocycles. The number of carboxylic acid groups (broad SMARTS) is 1. The second-order valence-electron chi connectivity index (χ2n) is 12.4. The van der Waals surface area contributed by atoms with Crippen LogP contribution in [0, 0.1) is 0 Å². The minimum Gasteiger partial charge on any atom is -0.480 e. The van der Waals surface area contributed by atoms with Gasteiger partial charge in [-0.25, -0.2) is 19.2 Å². The van der Waals surface area contributed by atoms with Crippen LogP contribution in [0.15, 0.2) is 78.5 Å². The normalized spacial score (nSPS) is 19.8. The highest BCUT2D eigenvalue weighted by Gasteiger charge is 2.55. The Balaban J connectivity index is 1.38. The summed E-state index contributed by atoms with van der Waals surface area (Å²) in [6.45, 7) is 1.12. The van der Waals surface area contributed by atoms with Crippen molar-refractivity contribution < 1.29 is 80.9 Å². The van der Waals surface area contributed by atoms with Crippen LogP contribution in [0.1, 0.15) is 25.4 Å². The van der Waals surface area contributed by atoms with Crippen molar-refractivity contribution in [2.24, 2.45) is 16.0 Å². The van der Waals surface area contributed by atoms with Crippen molar-refractivity contribution in [1.82, 2.24) is 20.9 Å². The Hall–Kier alpha value is -6.96. The highest BCUT2D eigenvalue weighted by Crippen LogP contribution is 2.41. The fourth-order valence-corrected chi connectivity index (χ4v) is 8.28. The molecule has 0 spiro atoms. The van der Waals surface area contributed by atoms with Crippen LogP contribution in [0.2, 0.25) is 0 Å². The Kier molecular flexibility index (Phi) is 15.0. The molecular formula is C35H37N7O17S2. The minimum absolute atomic E-state index is 0.00213. The molecule has 2 aromatic heterocycles. The topological polar surface area (TPSA) is 329 Å². The van der Waals surface area contributed by atoms with Gasteiger partial charge in [0.25, 0.3) is 17.7 Å². The number of esters is 3. The average Bonchev–Trinajstić information content (AvgIpc) is 3.96. The molecule has 0 aromatic carbocycles. The number of furan rings is 2. The second-order valence-corrected chi connectivity index (χ2v) is 14.7. The molecule has 0 saturated carbocycles. The molecule has 5 heterocycles. The number of nitrogens with two attached hydrogens (primary N) is 1. The van der Waals surface area contributed by atoms with Crippen LogP contribution < -0.4 is 21.7 Å². The number of nitrogens with zero attached hydrogens (tertiary/aromatic N) is 3. The van der Waals surface area contributed by atoms with Crippen molar-refractivity contribution in [3.8, 4) is 0 Å². The van der Waals surface area contributed by atoms with Gasteiger partial charge in [-0.1, -0.05) is 10.3 Å². The van der Waals surface area contributed by atoms with Crippen molar-refractivity contribution in [1.29, 1.82) is 0 Å². The Bertz CT molecular complexity index is 2170. The minimum atomic E-state index is -1.75. The van der Waals surface area contributed by atoms with Crippen molar-refractivity contribution in [3.63, 3.8) is 0 Å². The number of rotatable bonds is 18. The van der Waals surface area contributed by atoms with Crippen LogP contribution in [-0.2, 0) is 62.2 Å². The number of nitrogens with one attached hydrogen (secondary N) is 3. The summed E-state index contributed by atoms with van der Waals surface area (Å²) in [5.74, 6) is -7.40. The second kappa shape index (κ2) is 20.3. The molecule has 0 radical (unpaired) electrons. The number of amides is 4. The Labute approximate surface area is 352 Å². The standard InChI is InChI=1S/C35H37N7O17S2/c1-15(43)58-16(2)59-33(49)21-17(13-60-29(39-21)24(32(47)48)37-27(44)22(40-52-3)19-7-5-9-54-19)11-56-34(50)26-18(12-57-35(36)51)14-61-31-25(30(46)42(26)31)38-28(45)23(41-53-4)20-8-6-10-55-20/h5-10,16,24-25,29,31,39H,11-14H2,1-4H3,(H2,36,51)(H,37,44)(H,38,45)(H,47,48)/b40-22-,41-23-/t16?,24-,25+,29+,31+/m0/s1. The van der Waals surface area contributed by atoms with Gasteiger partial charge in [-0.3, -0.25) is 24.1 Å². The maximum atomic E-state index is 13.9. The van der Waals surface area contributed by atoms with Crippen molar-refractivity contribution in [2.45, 2.75) is 43.0 Å². The number of β-lactam (4-membered cyclic amide) rings is 1. The lowest BCUT2D eigenvalue weighted by molar-refractivity contribution is -0.180. The molecule has 3 aliphatic rings. The lowest BCUT2D eigenvalue weighted by atomic mass is 10.0. The first-order valence-corrected chi connectivity index (χ1v) is 19.6. The zero-order valence-corrected chi connectivity index (χ0v) is 34.0. The third kappa shape index (κ3) is 10.8. The molecule has 24 nitrogen and oxygen atoms in total. The molecule has 326 valence electrons. The number of oxime groups is 2. The third-order valence-electron chi connectivity index (χ3n) is 8.34. The summed E-state index contributed by atoms with van der Waals surface area (Å²) in [6.07, 6.45) is -0.0453. The van der Waals surface area contributed by atoms with Gasteiger partial charge in [0.05, 0.1) is 12.5 Å². The number of carbonyl (C=O) groups excluding carboxylic acids is 7. The zero-order valence-electron chi connectivity index (χ0n) is 32.4. The van der Waals surface area contributed by atoms with Gasteiger partial charge in [0.1, 0.15) is 55.6 Å². The predicted octanol–water partition coefficient (Wildman–Crippen LogP) is -0.495. The van der Waals surface area contributed by atoms with E-state index in [0.717, 1.165) is 42.5 Å². The van der Waals surface area contributed by atoms with Crippen molar-refractivity contribution in [2.75, 3.05) is 38.9 Å². The Morgan fingerprint density at radius 3 is 2.08 bits per heavy atom. The van der Waals surface area contributed by atoms with Crippen LogP contribution in [0.25, 0.3) is 0 Å². The van der Waals surface area contributed by atoms with Gasteiger partial charge in [-0.05, 0) is 24.3 Å². The Morgan fingerprint density at radius 2 is 1.52 bits per heavy atom. The number of thioether (sulfide) groups is 2. The zero-order chi connectivity index (χ0) is 44.4. The summed E-state index contributed by atoms with van der Waals surface area (Å²) in [5.41, 5.74) is 3.90. The molecule has 1 unspecified atom stereocenters. The first kappa shape index (κ1) is 45.1. The van der Waals surface area contributed by atoms with E-state index in [2.05, 4.69) is 26.3 Å². The molecule has 0 bridgehead atoms. The molecule has 4 amide bonds. The van der Waals surface area contributed by atoms with Gasteiger partial charge in [0, 0.05) is 36.5 Å². The van der Waals surface area contributed by atoms with E-state index in [4.69, 9.17) is 43.2 Å². The predicted molar refractivity (Wildman–Crippen MR) is 206 cm³/mol. The summed E-state index contributed by atoms with van der Waals surface area (Å²) < 4.78 is 31.1. The number of fused-ring (bicyclic) bond motifs is 1.